The van der Waals surface area contributed by atoms with Gasteiger partial charge in [0.1, 0.15) is 0 Å². The highest BCUT2D eigenvalue weighted by Crippen LogP contribution is 2.38. The summed E-state index contributed by atoms with van der Waals surface area (Å²) in [4.78, 5) is 11.1. The van der Waals surface area contributed by atoms with Crippen LogP contribution in [0.4, 0.5) is 0 Å². The zero-order chi connectivity index (χ0) is 14.1. The van der Waals surface area contributed by atoms with Gasteiger partial charge in [-0.2, -0.15) is 0 Å². The maximum atomic E-state index is 11.1. The van der Waals surface area contributed by atoms with Gasteiger partial charge in [0.05, 0.1) is 11.8 Å². The average molecular weight is 262 g/mol. The molecule has 1 saturated carbocycles. The van der Waals surface area contributed by atoms with Crippen LogP contribution in [-0.2, 0) is 4.79 Å². The second kappa shape index (κ2) is 8.04. The zero-order valence-electron chi connectivity index (χ0n) is 11.9. The first-order chi connectivity index (χ1) is 9.10. The van der Waals surface area contributed by atoms with E-state index >= 15 is 0 Å². The van der Waals surface area contributed by atoms with Crippen molar-refractivity contribution in [1.82, 2.24) is 0 Å². The number of rotatable bonds is 2. The predicted molar refractivity (Wildman–Crippen MR) is 78.8 cm³/mol. The molecule has 0 saturated heterocycles. The van der Waals surface area contributed by atoms with Crippen LogP contribution in [0.3, 0.4) is 0 Å². The Morgan fingerprint density at radius 3 is 2.21 bits per heavy atom. The first-order valence-corrected chi connectivity index (χ1v) is 7.48. The van der Waals surface area contributed by atoms with Gasteiger partial charge in [-0.05, 0) is 19.3 Å². The van der Waals surface area contributed by atoms with Crippen LogP contribution in [0.5, 0.6) is 0 Å². The predicted octanol–water partition coefficient (Wildman–Crippen LogP) is 4.55. The molecule has 1 atom stereocenters. The van der Waals surface area contributed by atoms with E-state index in [0.29, 0.717) is 0 Å². The van der Waals surface area contributed by atoms with E-state index < -0.39 is 11.4 Å². The third kappa shape index (κ3) is 5.11. The number of terminal acetylenes is 1. The summed E-state index contributed by atoms with van der Waals surface area (Å²) in [6.07, 6.45) is 16.9. The molecule has 2 nitrogen and oxygen atoms in total. The molecule has 0 bridgehead atoms. The van der Waals surface area contributed by atoms with Gasteiger partial charge in [0.25, 0.3) is 0 Å². The van der Waals surface area contributed by atoms with E-state index in [4.69, 9.17) is 11.5 Å². The van der Waals surface area contributed by atoms with E-state index in [1.54, 1.807) is 0 Å². The average Bonchev–Trinajstić information content (AvgIpc) is 2.37. The fourth-order valence-corrected chi connectivity index (χ4v) is 2.94. The molecule has 1 unspecified atom stereocenters. The molecular formula is C17H26O2. The minimum absolute atomic E-state index is 0.0301. The Kier molecular flexibility index (Phi) is 6.70. The molecular weight excluding hydrogens is 236 g/mol. The van der Waals surface area contributed by atoms with E-state index in [-0.39, 0.29) is 6.42 Å². The first kappa shape index (κ1) is 15.8. The fraction of sp³-hybridized carbons (Fsp3) is 0.706. The summed E-state index contributed by atoms with van der Waals surface area (Å²) >= 11 is 0. The Balaban J connectivity index is 2.77. The van der Waals surface area contributed by atoms with Crippen molar-refractivity contribution in [2.24, 2.45) is 5.41 Å². The number of aliphatic carboxylic acids is 1. The second-order valence-corrected chi connectivity index (χ2v) is 5.73. The van der Waals surface area contributed by atoms with Crippen LogP contribution < -0.4 is 0 Å². The maximum absolute atomic E-state index is 11.1. The van der Waals surface area contributed by atoms with E-state index in [1.165, 1.54) is 32.1 Å². The Hall–Kier alpha value is -1.23. The third-order valence-electron chi connectivity index (χ3n) is 4.24. The molecule has 1 fully saturated rings. The molecule has 0 aromatic heterocycles. The molecule has 1 aliphatic rings. The smallest absolute Gasteiger partial charge is 0.305 e. The van der Waals surface area contributed by atoms with Crippen molar-refractivity contribution in [1.29, 1.82) is 0 Å². The van der Waals surface area contributed by atoms with Crippen molar-refractivity contribution in [2.75, 3.05) is 0 Å². The number of carboxylic acids is 1. The highest BCUT2D eigenvalue weighted by molar-refractivity contribution is 5.69. The molecule has 1 rings (SSSR count). The molecule has 1 aliphatic carbocycles. The first-order valence-electron chi connectivity index (χ1n) is 7.48. The number of carbonyl (C=O) groups is 1. The Morgan fingerprint density at radius 2 is 1.68 bits per heavy atom. The second-order valence-electron chi connectivity index (χ2n) is 5.73. The summed E-state index contributed by atoms with van der Waals surface area (Å²) in [5.41, 5.74) is 0.336. The lowest BCUT2D eigenvalue weighted by atomic mass is 9.72. The van der Waals surface area contributed by atoms with E-state index in [2.05, 4.69) is 12.5 Å². The summed E-state index contributed by atoms with van der Waals surface area (Å²) < 4.78 is 0. The van der Waals surface area contributed by atoms with Crippen molar-refractivity contribution in [3.05, 3.63) is 12.2 Å². The Labute approximate surface area is 117 Å². The van der Waals surface area contributed by atoms with Gasteiger partial charge in [-0.3, -0.25) is 4.79 Å². The molecule has 0 radical (unpaired) electrons. The Morgan fingerprint density at radius 1 is 1.16 bits per heavy atom. The minimum Gasteiger partial charge on any atom is -0.481 e. The third-order valence-corrected chi connectivity index (χ3v) is 4.24. The van der Waals surface area contributed by atoms with Gasteiger partial charge in [0.15, 0.2) is 0 Å². The molecule has 2 heteroatoms. The molecule has 106 valence electrons. The van der Waals surface area contributed by atoms with Gasteiger partial charge in [0, 0.05) is 0 Å². The normalized spacial score (nSPS) is 26.8. The lowest BCUT2D eigenvalue weighted by Crippen LogP contribution is -2.25. The van der Waals surface area contributed by atoms with Crippen LogP contribution in [0.25, 0.3) is 0 Å². The molecule has 0 aliphatic heterocycles. The summed E-state index contributed by atoms with van der Waals surface area (Å²) in [6.45, 7) is 4.11. The monoisotopic (exact) mass is 262 g/mol. The van der Waals surface area contributed by atoms with Crippen LogP contribution >= 0.6 is 0 Å². The maximum Gasteiger partial charge on any atom is 0.305 e. The van der Waals surface area contributed by atoms with Crippen molar-refractivity contribution in [3.63, 3.8) is 0 Å². The van der Waals surface area contributed by atoms with E-state index in [1.807, 2.05) is 0 Å². The van der Waals surface area contributed by atoms with Crippen LogP contribution in [0.15, 0.2) is 12.2 Å². The quantitative estimate of drug-likeness (QED) is 0.585. The summed E-state index contributed by atoms with van der Waals surface area (Å²) in [5.74, 6) is 1.96. The highest BCUT2D eigenvalue weighted by atomic mass is 16.4. The van der Waals surface area contributed by atoms with E-state index in [0.717, 1.165) is 37.7 Å². The van der Waals surface area contributed by atoms with Crippen molar-refractivity contribution in [2.45, 2.75) is 70.6 Å². The Bertz CT molecular complexity index is 351. The summed E-state index contributed by atoms with van der Waals surface area (Å²) in [7, 11) is 0. The van der Waals surface area contributed by atoms with Crippen molar-refractivity contribution < 1.29 is 9.90 Å². The number of carboxylic acid groups (broad SMARTS) is 1. The number of allylic oxidation sites excluding steroid dienone is 1. The number of hydrogen-bond acceptors (Lipinski definition) is 1. The van der Waals surface area contributed by atoms with Gasteiger partial charge in [-0.25, -0.2) is 0 Å². The highest BCUT2D eigenvalue weighted by Gasteiger charge is 2.33. The summed E-state index contributed by atoms with van der Waals surface area (Å²) in [5, 5.41) is 9.13. The molecule has 1 N–H and O–H groups in total. The van der Waals surface area contributed by atoms with Crippen molar-refractivity contribution in [3.8, 4) is 12.3 Å². The van der Waals surface area contributed by atoms with Crippen LogP contribution in [0, 0.1) is 17.8 Å². The molecule has 0 spiro atoms. The topological polar surface area (TPSA) is 37.3 Å². The number of hydrogen-bond donors (Lipinski definition) is 1. The SMILES string of the molecule is C#CC1(CC(=O)O)CCCCCCCCCCC1=C. The molecule has 0 amide bonds. The van der Waals surface area contributed by atoms with Gasteiger partial charge < -0.3 is 5.11 Å². The fourth-order valence-electron chi connectivity index (χ4n) is 2.94. The largest absolute Gasteiger partial charge is 0.481 e. The van der Waals surface area contributed by atoms with Crippen LogP contribution in [-0.4, -0.2) is 11.1 Å². The van der Waals surface area contributed by atoms with Gasteiger partial charge in [-0.15, -0.1) is 6.42 Å². The summed E-state index contributed by atoms with van der Waals surface area (Å²) in [6, 6.07) is 0. The van der Waals surface area contributed by atoms with E-state index in [9.17, 15) is 4.79 Å². The van der Waals surface area contributed by atoms with Gasteiger partial charge >= 0.3 is 5.97 Å². The van der Waals surface area contributed by atoms with Crippen LogP contribution in [0.2, 0.25) is 0 Å². The molecule has 0 aromatic carbocycles. The van der Waals surface area contributed by atoms with Crippen molar-refractivity contribution >= 4 is 5.97 Å². The minimum atomic E-state index is -0.814. The standard InChI is InChI=1S/C17H26O2/c1-3-17(14-16(18)19)13-11-9-7-5-4-6-8-10-12-15(17)2/h1H,2,4-14H2,(H,18,19). The lowest BCUT2D eigenvalue weighted by molar-refractivity contribution is -0.138. The molecule has 19 heavy (non-hydrogen) atoms. The zero-order valence-corrected chi connectivity index (χ0v) is 11.9. The molecule has 0 aromatic rings. The van der Waals surface area contributed by atoms with Gasteiger partial charge in [0.2, 0.25) is 0 Å². The molecule has 0 heterocycles. The van der Waals surface area contributed by atoms with Gasteiger partial charge in [-0.1, -0.05) is 63.0 Å². The lowest BCUT2D eigenvalue weighted by Gasteiger charge is -2.30. The van der Waals surface area contributed by atoms with Crippen LogP contribution in [0.1, 0.15) is 70.6 Å².